The van der Waals surface area contributed by atoms with Gasteiger partial charge in [-0.15, -0.1) is 0 Å². The second-order valence-corrected chi connectivity index (χ2v) is 7.46. The minimum absolute atomic E-state index is 0.321. The van der Waals surface area contributed by atoms with E-state index in [2.05, 4.69) is 48.3 Å². The molecule has 0 aliphatic carbocycles. The van der Waals surface area contributed by atoms with Crippen molar-refractivity contribution in [1.29, 1.82) is 0 Å². The summed E-state index contributed by atoms with van der Waals surface area (Å²) in [6.45, 7) is 10.6. The average molecular weight is 286 g/mol. The number of benzene rings is 1. The zero-order chi connectivity index (χ0) is 14.4. The van der Waals surface area contributed by atoms with E-state index in [9.17, 15) is 0 Å². The minimum Gasteiger partial charge on any atom is -0.493 e. The molecule has 0 amide bonds. The molecule has 3 unspecified atom stereocenters. The van der Waals surface area contributed by atoms with Crippen LogP contribution in [-0.4, -0.2) is 43.2 Å². The Kier molecular flexibility index (Phi) is 3.23. The van der Waals surface area contributed by atoms with E-state index in [1.807, 2.05) is 0 Å². The molecule has 3 heterocycles. The van der Waals surface area contributed by atoms with Crippen molar-refractivity contribution < 1.29 is 4.74 Å². The van der Waals surface area contributed by atoms with Crippen molar-refractivity contribution in [1.82, 2.24) is 10.2 Å². The summed E-state index contributed by atoms with van der Waals surface area (Å²) in [6.07, 6.45) is 1.15. The van der Waals surface area contributed by atoms with Crippen molar-refractivity contribution in [3.05, 3.63) is 29.8 Å². The van der Waals surface area contributed by atoms with Crippen LogP contribution in [0.1, 0.15) is 31.7 Å². The predicted octanol–water partition coefficient (Wildman–Crippen LogP) is 2.48. The van der Waals surface area contributed by atoms with Gasteiger partial charge < -0.3 is 10.1 Å². The fraction of sp³-hybridized carbons (Fsp3) is 0.667. The quantitative estimate of drug-likeness (QED) is 0.904. The van der Waals surface area contributed by atoms with Gasteiger partial charge in [0.1, 0.15) is 5.75 Å². The van der Waals surface area contributed by atoms with Crippen molar-refractivity contribution in [2.45, 2.75) is 31.7 Å². The standard InChI is InChI=1S/C18H26N2O/c1-18(2)16-10-19-9-14(16)12-20(18)11-13-7-8-21-17-6-4-3-5-15(13)17/h3-6,13-14,16,19H,7-12H2,1-2H3. The van der Waals surface area contributed by atoms with Gasteiger partial charge in [0.2, 0.25) is 0 Å². The highest BCUT2D eigenvalue weighted by Gasteiger charge is 2.49. The lowest BCUT2D eigenvalue weighted by Crippen LogP contribution is -2.46. The second-order valence-electron chi connectivity index (χ2n) is 7.46. The molecule has 1 aromatic rings. The molecule has 21 heavy (non-hydrogen) atoms. The molecule has 4 rings (SSSR count). The average Bonchev–Trinajstić information content (AvgIpc) is 3.03. The van der Waals surface area contributed by atoms with E-state index < -0.39 is 0 Å². The van der Waals surface area contributed by atoms with E-state index in [1.54, 1.807) is 0 Å². The number of para-hydroxylation sites is 1. The van der Waals surface area contributed by atoms with Crippen LogP contribution in [0.5, 0.6) is 5.75 Å². The highest BCUT2D eigenvalue weighted by atomic mass is 16.5. The number of nitrogens with one attached hydrogen (secondary N) is 1. The third-order valence-corrected chi connectivity index (χ3v) is 6.04. The highest BCUT2D eigenvalue weighted by Crippen LogP contribution is 2.43. The van der Waals surface area contributed by atoms with Gasteiger partial charge in [0.05, 0.1) is 6.61 Å². The summed E-state index contributed by atoms with van der Waals surface area (Å²) in [7, 11) is 0. The van der Waals surface area contributed by atoms with Gasteiger partial charge in [-0.05, 0) is 50.3 Å². The molecule has 0 spiro atoms. The van der Waals surface area contributed by atoms with Crippen LogP contribution in [0.15, 0.2) is 24.3 Å². The number of ether oxygens (including phenoxy) is 1. The Labute approximate surface area is 127 Å². The first-order valence-electron chi connectivity index (χ1n) is 8.34. The van der Waals surface area contributed by atoms with Crippen molar-refractivity contribution in [3.8, 4) is 5.75 Å². The Hall–Kier alpha value is -1.06. The summed E-state index contributed by atoms with van der Waals surface area (Å²) in [5.74, 6) is 3.39. The van der Waals surface area contributed by atoms with Crippen molar-refractivity contribution >= 4 is 0 Å². The number of nitrogens with zero attached hydrogens (tertiary/aromatic N) is 1. The van der Waals surface area contributed by atoms with E-state index in [0.717, 1.165) is 30.6 Å². The topological polar surface area (TPSA) is 24.5 Å². The Balaban J connectivity index is 1.55. The summed E-state index contributed by atoms with van der Waals surface area (Å²) < 4.78 is 5.82. The third kappa shape index (κ3) is 2.18. The fourth-order valence-corrected chi connectivity index (χ4v) is 4.69. The Bertz CT molecular complexity index is 528. The van der Waals surface area contributed by atoms with Gasteiger partial charge in [-0.25, -0.2) is 0 Å². The molecular weight excluding hydrogens is 260 g/mol. The van der Waals surface area contributed by atoms with Crippen LogP contribution in [0.2, 0.25) is 0 Å². The van der Waals surface area contributed by atoms with Gasteiger partial charge >= 0.3 is 0 Å². The summed E-state index contributed by atoms with van der Waals surface area (Å²) in [5.41, 5.74) is 1.73. The van der Waals surface area contributed by atoms with Gasteiger partial charge in [0.25, 0.3) is 0 Å². The normalized spacial score (nSPS) is 34.3. The summed E-state index contributed by atoms with van der Waals surface area (Å²) in [4.78, 5) is 2.75. The SMILES string of the molecule is CC1(C)C2CNCC2CN1CC1CCOc2ccccc21. The lowest BCUT2D eigenvalue weighted by molar-refractivity contribution is 0.121. The summed E-state index contributed by atoms with van der Waals surface area (Å²) >= 11 is 0. The number of hydrogen-bond acceptors (Lipinski definition) is 3. The maximum atomic E-state index is 5.82. The van der Waals surface area contributed by atoms with Gasteiger partial charge in [-0.1, -0.05) is 18.2 Å². The number of likely N-dealkylation sites (tertiary alicyclic amines) is 1. The molecule has 2 fully saturated rings. The highest BCUT2D eigenvalue weighted by molar-refractivity contribution is 5.38. The van der Waals surface area contributed by atoms with E-state index >= 15 is 0 Å². The van der Waals surface area contributed by atoms with Crippen LogP contribution in [0, 0.1) is 11.8 Å². The van der Waals surface area contributed by atoms with Crippen LogP contribution in [0.25, 0.3) is 0 Å². The van der Waals surface area contributed by atoms with Crippen molar-refractivity contribution in [3.63, 3.8) is 0 Å². The van der Waals surface area contributed by atoms with Crippen LogP contribution in [-0.2, 0) is 0 Å². The zero-order valence-corrected chi connectivity index (χ0v) is 13.1. The molecule has 114 valence electrons. The van der Waals surface area contributed by atoms with E-state index in [4.69, 9.17) is 4.74 Å². The summed E-state index contributed by atoms with van der Waals surface area (Å²) in [6, 6.07) is 8.60. The Morgan fingerprint density at radius 1 is 1.29 bits per heavy atom. The minimum atomic E-state index is 0.321. The number of hydrogen-bond donors (Lipinski definition) is 1. The molecule has 0 radical (unpaired) electrons. The smallest absolute Gasteiger partial charge is 0.122 e. The molecule has 3 nitrogen and oxygen atoms in total. The van der Waals surface area contributed by atoms with Crippen molar-refractivity contribution in [2.24, 2.45) is 11.8 Å². The van der Waals surface area contributed by atoms with Gasteiger partial charge in [-0.3, -0.25) is 4.90 Å². The predicted molar refractivity (Wildman–Crippen MR) is 84.8 cm³/mol. The molecule has 1 aromatic carbocycles. The first-order valence-corrected chi connectivity index (χ1v) is 8.34. The molecule has 0 saturated carbocycles. The third-order valence-electron chi connectivity index (χ3n) is 6.04. The Morgan fingerprint density at radius 3 is 3.00 bits per heavy atom. The summed E-state index contributed by atoms with van der Waals surface area (Å²) in [5, 5.41) is 3.57. The zero-order valence-electron chi connectivity index (χ0n) is 13.1. The molecule has 3 aliphatic rings. The van der Waals surface area contributed by atoms with Gasteiger partial charge in [0.15, 0.2) is 0 Å². The molecule has 2 saturated heterocycles. The van der Waals surface area contributed by atoms with Gasteiger partial charge in [0, 0.05) is 31.1 Å². The monoisotopic (exact) mass is 286 g/mol. The molecule has 3 heteroatoms. The molecule has 3 aliphatic heterocycles. The van der Waals surface area contributed by atoms with Crippen LogP contribution < -0.4 is 10.1 Å². The lowest BCUT2D eigenvalue weighted by Gasteiger charge is -2.39. The first-order chi connectivity index (χ1) is 10.2. The van der Waals surface area contributed by atoms with Crippen LogP contribution in [0.4, 0.5) is 0 Å². The maximum Gasteiger partial charge on any atom is 0.122 e. The molecule has 1 N–H and O–H groups in total. The van der Waals surface area contributed by atoms with E-state index in [0.29, 0.717) is 11.5 Å². The van der Waals surface area contributed by atoms with Gasteiger partial charge in [-0.2, -0.15) is 0 Å². The fourth-order valence-electron chi connectivity index (χ4n) is 4.69. The van der Waals surface area contributed by atoms with E-state index in [1.165, 1.54) is 31.7 Å². The lowest BCUT2D eigenvalue weighted by atomic mass is 9.84. The van der Waals surface area contributed by atoms with Crippen molar-refractivity contribution in [2.75, 3.05) is 32.8 Å². The second kappa shape index (κ2) is 4.99. The maximum absolute atomic E-state index is 5.82. The van der Waals surface area contributed by atoms with Crippen LogP contribution >= 0.6 is 0 Å². The van der Waals surface area contributed by atoms with E-state index in [-0.39, 0.29) is 0 Å². The molecule has 0 bridgehead atoms. The molecular formula is C18H26N2O. The Morgan fingerprint density at radius 2 is 2.14 bits per heavy atom. The van der Waals surface area contributed by atoms with Crippen LogP contribution in [0.3, 0.4) is 0 Å². The number of rotatable bonds is 2. The molecule has 3 atom stereocenters. The molecule has 0 aromatic heterocycles. The first kappa shape index (κ1) is 13.6. The number of fused-ring (bicyclic) bond motifs is 2. The largest absolute Gasteiger partial charge is 0.493 e.